The van der Waals surface area contributed by atoms with Gasteiger partial charge in [-0.15, -0.1) is 0 Å². The van der Waals surface area contributed by atoms with E-state index in [-0.39, 0.29) is 11.7 Å². The molecule has 1 heterocycles. The maximum atomic E-state index is 12.9. The van der Waals surface area contributed by atoms with Crippen molar-refractivity contribution in [2.75, 3.05) is 5.32 Å². The van der Waals surface area contributed by atoms with Crippen LogP contribution < -0.4 is 5.32 Å². The zero-order valence-electron chi connectivity index (χ0n) is 10.7. The highest BCUT2D eigenvalue weighted by Crippen LogP contribution is 2.34. The molecular weight excluding hydrogens is 337 g/mol. The van der Waals surface area contributed by atoms with Gasteiger partial charge in [0.05, 0.1) is 5.57 Å². The summed E-state index contributed by atoms with van der Waals surface area (Å²) in [6.45, 7) is 0. The van der Waals surface area contributed by atoms with Gasteiger partial charge in [-0.2, -0.15) is 0 Å². The Hall–Kier alpha value is -2.27. The van der Waals surface area contributed by atoms with Crippen LogP contribution in [0.4, 0.5) is 10.1 Å². The highest BCUT2D eigenvalue weighted by Gasteiger charge is 2.25. The highest BCUT2D eigenvalue weighted by molar-refractivity contribution is 9.10. The summed E-state index contributed by atoms with van der Waals surface area (Å²) in [6.07, 6.45) is 1.28. The van der Waals surface area contributed by atoms with Crippen LogP contribution in [0.1, 0.15) is 15.9 Å². The maximum absolute atomic E-state index is 12.9. The Labute approximate surface area is 128 Å². The summed E-state index contributed by atoms with van der Waals surface area (Å²) in [5.74, 6) is -1.07. The SMILES string of the molecule is O=C1Nc2ccc(Br)cc2/C1=C\C(=O)c1ccc(F)cc1. The zero-order chi connectivity index (χ0) is 15.0. The number of halogens is 2. The minimum atomic E-state index is -0.410. The lowest BCUT2D eigenvalue weighted by Gasteiger charge is -2.00. The summed E-state index contributed by atoms with van der Waals surface area (Å²) < 4.78 is 13.7. The number of carbonyl (C=O) groups is 2. The minimum Gasteiger partial charge on any atom is -0.321 e. The number of anilines is 1. The van der Waals surface area contributed by atoms with Crippen LogP contribution in [0.3, 0.4) is 0 Å². The number of hydrogen-bond acceptors (Lipinski definition) is 2. The Morgan fingerprint density at radius 2 is 1.86 bits per heavy atom. The standard InChI is InChI=1S/C16H9BrFNO2/c17-10-3-6-14-12(7-10)13(16(21)19-14)8-15(20)9-1-4-11(18)5-2-9/h1-8H,(H,19,21)/b13-8+. The fraction of sp³-hybridized carbons (Fsp3) is 0. The van der Waals surface area contributed by atoms with E-state index in [9.17, 15) is 14.0 Å². The molecule has 2 aromatic rings. The number of amides is 1. The monoisotopic (exact) mass is 345 g/mol. The molecule has 21 heavy (non-hydrogen) atoms. The number of benzene rings is 2. The lowest BCUT2D eigenvalue weighted by Crippen LogP contribution is -2.06. The van der Waals surface area contributed by atoms with Gasteiger partial charge in [0.15, 0.2) is 5.78 Å². The van der Waals surface area contributed by atoms with Crippen LogP contribution >= 0.6 is 15.9 Å². The van der Waals surface area contributed by atoms with Gasteiger partial charge in [-0.05, 0) is 48.5 Å². The van der Waals surface area contributed by atoms with Crippen molar-refractivity contribution in [3.05, 3.63) is 70.0 Å². The van der Waals surface area contributed by atoms with E-state index in [0.29, 0.717) is 22.4 Å². The summed E-state index contributed by atoms with van der Waals surface area (Å²) in [4.78, 5) is 24.1. The molecule has 1 amide bonds. The second-order valence-corrected chi connectivity index (χ2v) is 5.49. The van der Waals surface area contributed by atoms with Crippen molar-refractivity contribution < 1.29 is 14.0 Å². The lowest BCUT2D eigenvalue weighted by molar-refractivity contribution is -0.110. The van der Waals surface area contributed by atoms with E-state index >= 15 is 0 Å². The molecule has 0 unspecified atom stereocenters. The van der Waals surface area contributed by atoms with Gasteiger partial charge in [0.25, 0.3) is 5.91 Å². The van der Waals surface area contributed by atoms with Gasteiger partial charge >= 0.3 is 0 Å². The number of rotatable bonds is 2. The van der Waals surface area contributed by atoms with E-state index in [1.807, 2.05) is 6.07 Å². The summed E-state index contributed by atoms with van der Waals surface area (Å²) in [7, 11) is 0. The largest absolute Gasteiger partial charge is 0.321 e. The first-order valence-corrected chi connectivity index (χ1v) is 6.97. The van der Waals surface area contributed by atoms with E-state index in [1.165, 1.54) is 30.3 Å². The smallest absolute Gasteiger partial charge is 0.256 e. The van der Waals surface area contributed by atoms with Gasteiger partial charge in [-0.1, -0.05) is 15.9 Å². The predicted molar refractivity (Wildman–Crippen MR) is 81.5 cm³/mol. The summed E-state index contributed by atoms with van der Waals surface area (Å²) in [5.41, 5.74) is 1.98. The Bertz CT molecular complexity index is 781. The molecule has 1 N–H and O–H groups in total. The predicted octanol–water partition coefficient (Wildman–Crippen LogP) is 3.81. The molecule has 2 aromatic carbocycles. The number of carbonyl (C=O) groups excluding carboxylic acids is 2. The van der Waals surface area contributed by atoms with Crippen molar-refractivity contribution >= 4 is 38.9 Å². The van der Waals surface area contributed by atoms with Crippen molar-refractivity contribution in [1.82, 2.24) is 0 Å². The molecule has 0 saturated heterocycles. The third-order valence-corrected chi connectivity index (χ3v) is 3.66. The fourth-order valence-electron chi connectivity index (χ4n) is 2.13. The van der Waals surface area contributed by atoms with Gasteiger partial charge < -0.3 is 5.32 Å². The van der Waals surface area contributed by atoms with E-state index in [0.717, 1.165) is 4.47 Å². The van der Waals surface area contributed by atoms with Gasteiger partial charge in [-0.25, -0.2) is 4.39 Å². The normalized spacial score (nSPS) is 15.0. The highest BCUT2D eigenvalue weighted by atomic mass is 79.9. The molecule has 5 heteroatoms. The average molecular weight is 346 g/mol. The molecule has 0 radical (unpaired) electrons. The van der Waals surface area contributed by atoms with Crippen molar-refractivity contribution in [2.45, 2.75) is 0 Å². The zero-order valence-corrected chi connectivity index (χ0v) is 12.3. The second-order valence-electron chi connectivity index (χ2n) is 4.57. The van der Waals surface area contributed by atoms with Crippen LogP contribution in [0.15, 0.2) is 53.0 Å². The maximum Gasteiger partial charge on any atom is 0.256 e. The molecule has 0 bridgehead atoms. The van der Waals surface area contributed by atoms with Crippen LogP contribution in [0, 0.1) is 5.82 Å². The molecule has 0 spiro atoms. The molecule has 1 aliphatic heterocycles. The molecule has 3 rings (SSSR count). The Morgan fingerprint density at radius 1 is 1.14 bits per heavy atom. The number of nitrogens with one attached hydrogen (secondary N) is 1. The first-order valence-electron chi connectivity index (χ1n) is 6.17. The Kier molecular flexibility index (Phi) is 3.43. The molecule has 3 nitrogen and oxygen atoms in total. The lowest BCUT2D eigenvalue weighted by atomic mass is 10.0. The van der Waals surface area contributed by atoms with Crippen LogP contribution in [0.5, 0.6) is 0 Å². The summed E-state index contributed by atoms with van der Waals surface area (Å²) in [6, 6.07) is 10.6. The molecule has 1 aliphatic rings. The van der Waals surface area contributed by atoms with Gasteiger partial charge in [-0.3, -0.25) is 9.59 Å². The summed E-state index contributed by atoms with van der Waals surface area (Å²) in [5, 5.41) is 2.70. The van der Waals surface area contributed by atoms with Crippen LogP contribution in [-0.2, 0) is 4.79 Å². The van der Waals surface area contributed by atoms with Crippen molar-refractivity contribution in [3.63, 3.8) is 0 Å². The third kappa shape index (κ3) is 2.64. The molecule has 0 saturated carbocycles. The number of hydrogen-bond donors (Lipinski definition) is 1. The molecular formula is C16H9BrFNO2. The number of allylic oxidation sites excluding steroid dienone is 1. The van der Waals surface area contributed by atoms with E-state index in [2.05, 4.69) is 21.2 Å². The molecule has 0 atom stereocenters. The van der Waals surface area contributed by atoms with Crippen LogP contribution in [0.25, 0.3) is 5.57 Å². The topological polar surface area (TPSA) is 46.2 Å². The van der Waals surface area contributed by atoms with E-state index < -0.39 is 5.82 Å². The molecule has 104 valence electrons. The quantitative estimate of drug-likeness (QED) is 0.664. The summed E-state index contributed by atoms with van der Waals surface area (Å²) >= 11 is 3.34. The minimum absolute atomic E-state index is 0.306. The second kappa shape index (κ2) is 5.26. The number of fused-ring (bicyclic) bond motifs is 1. The van der Waals surface area contributed by atoms with Gasteiger partial charge in [0, 0.05) is 21.3 Å². The Balaban J connectivity index is 2.00. The first kappa shape index (κ1) is 13.7. The molecule has 0 aliphatic carbocycles. The number of ketones is 1. The van der Waals surface area contributed by atoms with Crippen molar-refractivity contribution in [3.8, 4) is 0 Å². The third-order valence-electron chi connectivity index (χ3n) is 3.17. The van der Waals surface area contributed by atoms with Gasteiger partial charge in [0.1, 0.15) is 5.82 Å². The first-order chi connectivity index (χ1) is 10.0. The van der Waals surface area contributed by atoms with E-state index in [1.54, 1.807) is 12.1 Å². The molecule has 0 fully saturated rings. The Morgan fingerprint density at radius 3 is 2.57 bits per heavy atom. The van der Waals surface area contributed by atoms with E-state index in [4.69, 9.17) is 0 Å². The average Bonchev–Trinajstić information content (AvgIpc) is 2.76. The van der Waals surface area contributed by atoms with Gasteiger partial charge in [0.2, 0.25) is 0 Å². The molecule has 0 aromatic heterocycles. The van der Waals surface area contributed by atoms with Crippen LogP contribution in [-0.4, -0.2) is 11.7 Å². The fourth-order valence-corrected chi connectivity index (χ4v) is 2.49. The van der Waals surface area contributed by atoms with Crippen LogP contribution in [0.2, 0.25) is 0 Å². The van der Waals surface area contributed by atoms with Crippen molar-refractivity contribution in [2.24, 2.45) is 0 Å². The van der Waals surface area contributed by atoms with Crippen molar-refractivity contribution in [1.29, 1.82) is 0 Å².